The van der Waals surface area contributed by atoms with Crippen LogP contribution in [0, 0.1) is 10.1 Å². The van der Waals surface area contributed by atoms with Crippen molar-refractivity contribution >= 4 is 45.5 Å². The highest BCUT2D eigenvalue weighted by atomic mass is 32.2. The summed E-state index contributed by atoms with van der Waals surface area (Å²) in [5.74, 6) is 0.115. The number of rotatable bonds is 5. The van der Waals surface area contributed by atoms with Crippen LogP contribution in [0.5, 0.6) is 0 Å². The smallest absolute Gasteiger partial charge is 0.280 e. The van der Waals surface area contributed by atoms with Gasteiger partial charge in [-0.2, -0.15) is 0 Å². The number of pyridine rings is 1. The van der Waals surface area contributed by atoms with Gasteiger partial charge in [0.15, 0.2) is 5.78 Å². The second kappa shape index (κ2) is 6.25. The van der Waals surface area contributed by atoms with Gasteiger partial charge in [0, 0.05) is 22.5 Å². The predicted molar refractivity (Wildman–Crippen MR) is 87.8 cm³/mol. The summed E-state index contributed by atoms with van der Waals surface area (Å²) < 4.78 is 0. The van der Waals surface area contributed by atoms with Crippen molar-refractivity contribution < 1.29 is 9.72 Å². The van der Waals surface area contributed by atoms with Crippen LogP contribution in [0.25, 0.3) is 10.9 Å². The van der Waals surface area contributed by atoms with Crippen LogP contribution in [0.4, 0.5) is 5.69 Å². The van der Waals surface area contributed by atoms with Crippen molar-refractivity contribution in [1.29, 1.82) is 0 Å². The lowest BCUT2D eigenvalue weighted by Crippen LogP contribution is -1.99. The van der Waals surface area contributed by atoms with Crippen LogP contribution in [-0.2, 0) is 0 Å². The molecule has 110 valence electrons. The van der Waals surface area contributed by atoms with Gasteiger partial charge < -0.3 is 0 Å². The van der Waals surface area contributed by atoms with Gasteiger partial charge in [0.05, 0.1) is 26.5 Å². The van der Waals surface area contributed by atoms with Crippen LogP contribution >= 0.6 is 23.1 Å². The Morgan fingerprint density at radius 3 is 2.91 bits per heavy atom. The van der Waals surface area contributed by atoms with Crippen LogP contribution in [0.2, 0.25) is 0 Å². The molecule has 0 aliphatic rings. The second-order valence-electron chi connectivity index (χ2n) is 4.47. The number of carbonyl (C=O) groups excluding carboxylic acids is 1. The summed E-state index contributed by atoms with van der Waals surface area (Å²) in [6, 6.07) is 11.0. The molecule has 0 atom stereocenters. The maximum absolute atomic E-state index is 12.1. The van der Waals surface area contributed by atoms with E-state index in [1.807, 2.05) is 30.3 Å². The first-order valence-electron chi connectivity index (χ1n) is 6.38. The van der Waals surface area contributed by atoms with Crippen molar-refractivity contribution in [1.82, 2.24) is 4.98 Å². The molecule has 0 spiro atoms. The number of nitrogens with zero attached hydrogens (tertiary/aromatic N) is 2. The highest BCUT2D eigenvalue weighted by Gasteiger charge is 2.15. The van der Waals surface area contributed by atoms with Gasteiger partial charge in [0.1, 0.15) is 0 Å². The third-order valence-electron chi connectivity index (χ3n) is 3.03. The number of carbonyl (C=O) groups is 1. The topological polar surface area (TPSA) is 73.1 Å². The quantitative estimate of drug-likeness (QED) is 0.304. The van der Waals surface area contributed by atoms with Gasteiger partial charge in [-0.05, 0) is 12.1 Å². The zero-order valence-corrected chi connectivity index (χ0v) is 12.9. The second-order valence-corrected chi connectivity index (χ2v) is 6.40. The minimum atomic E-state index is -0.491. The molecule has 3 aromatic rings. The molecule has 7 heteroatoms. The lowest BCUT2D eigenvalue weighted by molar-refractivity contribution is -0.384. The Morgan fingerprint density at radius 2 is 2.14 bits per heavy atom. The van der Waals surface area contributed by atoms with Crippen LogP contribution < -0.4 is 0 Å². The fourth-order valence-corrected chi connectivity index (χ4v) is 3.79. The van der Waals surface area contributed by atoms with E-state index >= 15 is 0 Å². The molecule has 0 bridgehead atoms. The summed E-state index contributed by atoms with van der Waals surface area (Å²) in [6.07, 6.45) is 1.72. The number of thioether (sulfide) groups is 1. The van der Waals surface area contributed by atoms with Gasteiger partial charge in [-0.1, -0.05) is 18.2 Å². The van der Waals surface area contributed by atoms with E-state index in [1.54, 1.807) is 6.20 Å². The number of para-hydroxylation sites is 1. The normalized spacial score (nSPS) is 10.7. The van der Waals surface area contributed by atoms with E-state index in [0.717, 1.165) is 27.1 Å². The number of fused-ring (bicyclic) bond motifs is 1. The maximum Gasteiger partial charge on any atom is 0.280 e. The molecule has 5 nitrogen and oxygen atoms in total. The SMILES string of the molecule is O=C(CSc1cccc2cccnc12)c1cc([N+](=O)[O-])cs1. The first-order chi connectivity index (χ1) is 10.6. The average molecular weight is 330 g/mol. The molecule has 0 amide bonds. The van der Waals surface area contributed by atoms with E-state index in [9.17, 15) is 14.9 Å². The summed E-state index contributed by atoms with van der Waals surface area (Å²) in [4.78, 5) is 28.0. The Morgan fingerprint density at radius 1 is 1.32 bits per heavy atom. The Labute approximate surface area is 134 Å². The number of nitro groups is 1. The molecule has 0 saturated carbocycles. The number of ketones is 1. The molecule has 2 heterocycles. The zero-order valence-electron chi connectivity index (χ0n) is 11.3. The van der Waals surface area contributed by atoms with Crippen molar-refractivity contribution in [2.45, 2.75) is 4.90 Å². The number of hydrogen-bond acceptors (Lipinski definition) is 6. The Balaban J connectivity index is 1.76. The minimum Gasteiger partial charge on any atom is -0.292 e. The van der Waals surface area contributed by atoms with Crippen molar-refractivity contribution in [3.63, 3.8) is 0 Å². The number of Topliss-reactive ketones (excluding diaryl/α,β-unsaturated/α-hetero) is 1. The molecule has 0 fully saturated rings. The summed E-state index contributed by atoms with van der Waals surface area (Å²) in [5.41, 5.74) is 0.824. The van der Waals surface area contributed by atoms with E-state index in [-0.39, 0.29) is 17.2 Å². The summed E-state index contributed by atoms with van der Waals surface area (Å²) in [6.45, 7) is 0. The van der Waals surface area contributed by atoms with E-state index < -0.39 is 4.92 Å². The standard InChI is InChI=1S/C15H10N2O3S2/c18-12(14-7-11(8-21-14)17(19)20)9-22-13-5-1-3-10-4-2-6-16-15(10)13/h1-8H,9H2. The van der Waals surface area contributed by atoms with Gasteiger partial charge >= 0.3 is 0 Å². The van der Waals surface area contributed by atoms with E-state index in [4.69, 9.17) is 0 Å². The van der Waals surface area contributed by atoms with E-state index in [2.05, 4.69) is 4.98 Å². The Kier molecular flexibility index (Phi) is 4.17. The molecule has 0 N–H and O–H groups in total. The predicted octanol–water partition coefficient (Wildman–Crippen LogP) is 4.18. The third-order valence-corrected chi connectivity index (χ3v) is 5.03. The highest BCUT2D eigenvalue weighted by molar-refractivity contribution is 8.00. The molecule has 0 unspecified atom stereocenters. The number of aromatic nitrogens is 1. The van der Waals surface area contributed by atoms with Crippen LogP contribution in [-0.4, -0.2) is 21.4 Å². The van der Waals surface area contributed by atoms with Gasteiger partial charge in [-0.25, -0.2) is 0 Å². The first kappa shape index (κ1) is 14.7. The van der Waals surface area contributed by atoms with Crippen molar-refractivity contribution in [3.8, 4) is 0 Å². The van der Waals surface area contributed by atoms with Gasteiger partial charge in [-0.15, -0.1) is 23.1 Å². The molecule has 1 aromatic carbocycles. The molecule has 22 heavy (non-hydrogen) atoms. The van der Waals surface area contributed by atoms with Crippen molar-refractivity contribution in [3.05, 3.63) is 63.0 Å². The average Bonchev–Trinajstić information content (AvgIpc) is 3.03. The minimum absolute atomic E-state index is 0.0369. The number of hydrogen-bond donors (Lipinski definition) is 0. The number of thiophene rings is 1. The number of benzene rings is 1. The molecule has 3 rings (SSSR count). The van der Waals surface area contributed by atoms with Gasteiger partial charge in [0.25, 0.3) is 5.69 Å². The zero-order chi connectivity index (χ0) is 15.5. The van der Waals surface area contributed by atoms with Crippen LogP contribution in [0.15, 0.2) is 52.9 Å². The van der Waals surface area contributed by atoms with Crippen molar-refractivity contribution in [2.24, 2.45) is 0 Å². The van der Waals surface area contributed by atoms with Gasteiger partial charge in [-0.3, -0.25) is 19.9 Å². The summed E-state index contributed by atoms with van der Waals surface area (Å²) in [5, 5.41) is 13.1. The fraction of sp³-hybridized carbons (Fsp3) is 0.0667. The van der Waals surface area contributed by atoms with Gasteiger partial charge in [0.2, 0.25) is 0 Å². The molecule has 0 aliphatic carbocycles. The molecule has 0 aliphatic heterocycles. The monoisotopic (exact) mass is 330 g/mol. The summed E-state index contributed by atoms with van der Waals surface area (Å²) >= 11 is 2.50. The third kappa shape index (κ3) is 3.00. The largest absolute Gasteiger partial charge is 0.292 e. The highest BCUT2D eigenvalue weighted by Crippen LogP contribution is 2.28. The molecule has 0 radical (unpaired) electrons. The van der Waals surface area contributed by atoms with Crippen LogP contribution in [0.3, 0.4) is 0 Å². The first-order valence-corrected chi connectivity index (χ1v) is 8.24. The Hall–Kier alpha value is -2.25. The lowest BCUT2D eigenvalue weighted by Gasteiger charge is -2.04. The molecular weight excluding hydrogens is 320 g/mol. The molecular formula is C15H10N2O3S2. The van der Waals surface area contributed by atoms with E-state index in [1.165, 1.54) is 23.2 Å². The van der Waals surface area contributed by atoms with Crippen molar-refractivity contribution in [2.75, 3.05) is 5.75 Å². The maximum atomic E-state index is 12.1. The van der Waals surface area contributed by atoms with E-state index in [0.29, 0.717) is 4.88 Å². The van der Waals surface area contributed by atoms with Crippen LogP contribution in [0.1, 0.15) is 9.67 Å². The molecule has 2 aromatic heterocycles. The lowest BCUT2D eigenvalue weighted by atomic mass is 10.2. The Bertz CT molecular complexity index is 855. The fourth-order valence-electron chi connectivity index (χ4n) is 1.98. The summed E-state index contributed by atoms with van der Waals surface area (Å²) in [7, 11) is 0. The molecule has 0 saturated heterocycles.